The van der Waals surface area contributed by atoms with Gasteiger partial charge in [0.25, 0.3) is 0 Å². The normalized spacial score (nSPS) is 10.5. The summed E-state index contributed by atoms with van der Waals surface area (Å²) in [5, 5.41) is 9.23. The first-order valence-electron chi connectivity index (χ1n) is 5.25. The van der Waals surface area contributed by atoms with Crippen LogP contribution in [0, 0.1) is 6.57 Å². The Kier molecular flexibility index (Phi) is 3.18. The SMILES string of the molecule is [C-]#[N+]CCCn1c(CO)nc2ccccc21. The van der Waals surface area contributed by atoms with Crippen molar-refractivity contribution in [1.82, 2.24) is 9.55 Å². The van der Waals surface area contributed by atoms with E-state index in [-0.39, 0.29) is 6.61 Å². The van der Waals surface area contributed by atoms with Crippen molar-refractivity contribution in [3.63, 3.8) is 0 Å². The lowest BCUT2D eigenvalue weighted by Crippen LogP contribution is -2.04. The van der Waals surface area contributed by atoms with Crippen molar-refractivity contribution >= 4 is 11.0 Å². The highest BCUT2D eigenvalue weighted by Crippen LogP contribution is 2.16. The molecule has 0 unspecified atom stereocenters. The standard InChI is InChI=1S/C12H13N3O/c1-13-7-4-8-15-11-6-3-2-5-10(11)14-12(15)9-16/h2-3,5-6,16H,4,7-9H2. The minimum Gasteiger partial charge on any atom is -0.388 e. The van der Waals surface area contributed by atoms with Crippen molar-refractivity contribution in [2.75, 3.05) is 6.54 Å². The Labute approximate surface area is 94.0 Å². The molecule has 1 heterocycles. The molecule has 0 aliphatic heterocycles. The molecule has 0 amide bonds. The predicted molar refractivity (Wildman–Crippen MR) is 61.7 cm³/mol. The van der Waals surface area contributed by atoms with E-state index in [2.05, 4.69) is 9.83 Å². The number of aryl methyl sites for hydroxylation is 1. The number of benzene rings is 1. The highest BCUT2D eigenvalue weighted by Gasteiger charge is 2.08. The van der Waals surface area contributed by atoms with Gasteiger partial charge in [-0.25, -0.2) is 11.6 Å². The quantitative estimate of drug-likeness (QED) is 0.624. The molecule has 1 N–H and O–H groups in total. The van der Waals surface area contributed by atoms with Gasteiger partial charge in [-0.15, -0.1) is 0 Å². The van der Waals surface area contributed by atoms with Gasteiger partial charge >= 0.3 is 0 Å². The fraction of sp³-hybridized carbons (Fsp3) is 0.333. The van der Waals surface area contributed by atoms with E-state index in [1.807, 2.05) is 28.8 Å². The molecule has 1 aromatic carbocycles. The van der Waals surface area contributed by atoms with Crippen molar-refractivity contribution in [2.24, 2.45) is 0 Å². The van der Waals surface area contributed by atoms with Gasteiger partial charge < -0.3 is 14.5 Å². The van der Waals surface area contributed by atoms with Crippen LogP contribution in [0.15, 0.2) is 24.3 Å². The summed E-state index contributed by atoms with van der Waals surface area (Å²) in [7, 11) is 0. The lowest BCUT2D eigenvalue weighted by atomic mass is 10.3. The Morgan fingerprint density at radius 2 is 2.19 bits per heavy atom. The number of hydrogen-bond donors (Lipinski definition) is 1. The third kappa shape index (κ3) is 1.90. The van der Waals surface area contributed by atoms with E-state index in [9.17, 15) is 5.11 Å². The van der Waals surface area contributed by atoms with Gasteiger partial charge in [0.1, 0.15) is 12.4 Å². The van der Waals surface area contributed by atoms with Gasteiger partial charge in [0.05, 0.1) is 11.0 Å². The molecule has 2 aromatic rings. The van der Waals surface area contributed by atoms with Crippen molar-refractivity contribution in [3.8, 4) is 0 Å². The fourth-order valence-corrected chi connectivity index (χ4v) is 1.80. The Morgan fingerprint density at radius 1 is 1.38 bits per heavy atom. The third-order valence-electron chi connectivity index (χ3n) is 2.53. The molecule has 0 radical (unpaired) electrons. The number of fused-ring (bicyclic) bond motifs is 1. The smallest absolute Gasteiger partial charge is 0.216 e. The Balaban J connectivity index is 2.36. The molecule has 0 saturated heterocycles. The number of imidazole rings is 1. The van der Waals surface area contributed by atoms with Crippen molar-refractivity contribution < 1.29 is 5.11 Å². The first-order chi connectivity index (χ1) is 7.86. The second kappa shape index (κ2) is 4.77. The Hall–Kier alpha value is -1.86. The number of para-hydroxylation sites is 2. The summed E-state index contributed by atoms with van der Waals surface area (Å²) in [6, 6.07) is 7.80. The van der Waals surface area contributed by atoms with Crippen LogP contribution in [0.25, 0.3) is 15.9 Å². The molecule has 1 aromatic heterocycles. The molecular weight excluding hydrogens is 202 g/mol. The van der Waals surface area contributed by atoms with E-state index in [0.29, 0.717) is 12.4 Å². The van der Waals surface area contributed by atoms with Crippen LogP contribution in [0.1, 0.15) is 12.2 Å². The van der Waals surface area contributed by atoms with E-state index in [1.165, 1.54) is 0 Å². The van der Waals surface area contributed by atoms with Crippen molar-refractivity contribution in [3.05, 3.63) is 41.5 Å². The summed E-state index contributed by atoms with van der Waals surface area (Å²) in [5.74, 6) is 0.672. The lowest BCUT2D eigenvalue weighted by Gasteiger charge is -2.04. The van der Waals surface area contributed by atoms with E-state index in [0.717, 1.165) is 24.0 Å². The second-order valence-electron chi connectivity index (χ2n) is 3.56. The van der Waals surface area contributed by atoms with E-state index < -0.39 is 0 Å². The average molecular weight is 215 g/mol. The van der Waals surface area contributed by atoms with Crippen LogP contribution >= 0.6 is 0 Å². The van der Waals surface area contributed by atoms with Crippen LogP contribution in [0.4, 0.5) is 0 Å². The molecule has 4 nitrogen and oxygen atoms in total. The van der Waals surface area contributed by atoms with Crippen LogP contribution in [-0.2, 0) is 13.2 Å². The molecule has 0 bridgehead atoms. The number of rotatable bonds is 4. The maximum Gasteiger partial charge on any atom is 0.216 e. The van der Waals surface area contributed by atoms with Gasteiger partial charge in [0.2, 0.25) is 6.54 Å². The largest absolute Gasteiger partial charge is 0.388 e. The van der Waals surface area contributed by atoms with Gasteiger partial charge in [-0.05, 0) is 12.1 Å². The third-order valence-corrected chi connectivity index (χ3v) is 2.53. The molecule has 2 rings (SSSR count). The minimum atomic E-state index is -0.0628. The second-order valence-corrected chi connectivity index (χ2v) is 3.56. The molecule has 82 valence electrons. The van der Waals surface area contributed by atoms with Gasteiger partial charge in [-0.1, -0.05) is 12.1 Å². The molecule has 0 aliphatic carbocycles. The van der Waals surface area contributed by atoms with E-state index >= 15 is 0 Å². The first-order valence-corrected chi connectivity index (χ1v) is 5.25. The summed E-state index contributed by atoms with van der Waals surface area (Å²) >= 11 is 0. The first kappa shape index (κ1) is 10.7. The van der Waals surface area contributed by atoms with Gasteiger partial charge in [0.15, 0.2) is 0 Å². The summed E-state index contributed by atoms with van der Waals surface area (Å²) < 4.78 is 1.99. The Bertz CT molecular complexity index is 525. The Morgan fingerprint density at radius 3 is 2.94 bits per heavy atom. The minimum absolute atomic E-state index is 0.0628. The number of nitrogens with zero attached hydrogens (tertiary/aromatic N) is 3. The van der Waals surface area contributed by atoms with Crippen LogP contribution < -0.4 is 0 Å². The average Bonchev–Trinajstić information content (AvgIpc) is 2.68. The number of aliphatic hydroxyl groups is 1. The number of aliphatic hydroxyl groups excluding tert-OH is 1. The summed E-state index contributed by atoms with van der Waals surface area (Å²) in [6.45, 7) is 7.93. The van der Waals surface area contributed by atoms with Gasteiger partial charge in [-0.3, -0.25) is 0 Å². The van der Waals surface area contributed by atoms with Gasteiger partial charge in [0, 0.05) is 13.0 Å². The molecular formula is C12H13N3O. The van der Waals surface area contributed by atoms with Gasteiger partial charge in [-0.2, -0.15) is 0 Å². The zero-order valence-electron chi connectivity index (χ0n) is 8.93. The van der Waals surface area contributed by atoms with E-state index in [4.69, 9.17) is 6.57 Å². The molecule has 0 aliphatic rings. The molecule has 16 heavy (non-hydrogen) atoms. The molecule has 0 saturated carbocycles. The zero-order chi connectivity index (χ0) is 11.4. The molecule has 0 atom stereocenters. The maximum atomic E-state index is 9.23. The van der Waals surface area contributed by atoms with Crippen LogP contribution in [0.2, 0.25) is 0 Å². The molecule has 4 heteroatoms. The fourth-order valence-electron chi connectivity index (χ4n) is 1.80. The van der Waals surface area contributed by atoms with E-state index in [1.54, 1.807) is 0 Å². The summed E-state index contributed by atoms with van der Waals surface area (Å²) in [6.07, 6.45) is 0.789. The van der Waals surface area contributed by atoms with Crippen LogP contribution in [0.3, 0.4) is 0 Å². The van der Waals surface area contributed by atoms with Crippen LogP contribution in [-0.4, -0.2) is 21.2 Å². The van der Waals surface area contributed by atoms with Crippen molar-refractivity contribution in [1.29, 1.82) is 0 Å². The lowest BCUT2D eigenvalue weighted by molar-refractivity contribution is 0.265. The monoisotopic (exact) mass is 215 g/mol. The zero-order valence-corrected chi connectivity index (χ0v) is 8.93. The van der Waals surface area contributed by atoms with Crippen LogP contribution in [0.5, 0.6) is 0 Å². The highest BCUT2D eigenvalue weighted by molar-refractivity contribution is 5.75. The highest BCUT2D eigenvalue weighted by atomic mass is 16.3. The topological polar surface area (TPSA) is 42.4 Å². The molecule has 0 spiro atoms. The van der Waals surface area contributed by atoms with Crippen molar-refractivity contribution in [2.45, 2.75) is 19.6 Å². The predicted octanol–water partition coefficient (Wildman–Crippen LogP) is 1.84. The number of hydrogen-bond acceptors (Lipinski definition) is 2. The maximum absolute atomic E-state index is 9.23. The summed E-state index contributed by atoms with van der Waals surface area (Å²) in [5.41, 5.74) is 1.92. The summed E-state index contributed by atoms with van der Waals surface area (Å²) in [4.78, 5) is 7.67. The number of aromatic nitrogens is 2. The molecule has 0 fully saturated rings.